The van der Waals surface area contributed by atoms with Crippen molar-refractivity contribution in [3.8, 4) is 0 Å². The van der Waals surface area contributed by atoms with Crippen molar-refractivity contribution in [1.29, 1.82) is 0 Å². The lowest BCUT2D eigenvalue weighted by Gasteiger charge is -2.26. The molecule has 5 nitrogen and oxygen atoms in total. The van der Waals surface area contributed by atoms with Crippen LogP contribution in [0.4, 0.5) is 5.69 Å². The first-order valence-corrected chi connectivity index (χ1v) is 11.2. The van der Waals surface area contributed by atoms with Crippen molar-refractivity contribution < 1.29 is 13.2 Å². The molecule has 0 aromatic heterocycles. The fourth-order valence-electron chi connectivity index (χ4n) is 3.37. The number of carbonyl (C=O) groups excluding carboxylic acids is 1. The number of sulfonamides is 1. The van der Waals surface area contributed by atoms with Gasteiger partial charge in [0.2, 0.25) is 10.0 Å². The summed E-state index contributed by atoms with van der Waals surface area (Å²) in [6, 6.07) is 26.4. The number of hydrogen-bond acceptors (Lipinski definition) is 3. The van der Waals surface area contributed by atoms with Gasteiger partial charge >= 0.3 is 0 Å². The second-order valence-corrected chi connectivity index (χ2v) is 8.76. The van der Waals surface area contributed by atoms with E-state index in [4.69, 9.17) is 0 Å². The van der Waals surface area contributed by atoms with Crippen molar-refractivity contribution in [2.45, 2.75) is 18.9 Å². The maximum absolute atomic E-state index is 12.8. The summed E-state index contributed by atoms with van der Waals surface area (Å²) in [5.41, 5.74) is 3.14. The molecule has 6 heteroatoms. The molecule has 0 radical (unpaired) electrons. The second kappa shape index (κ2) is 8.92. The van der Waals surface area contributed by atoms with Crippen LogP contribution in [0.5, 0.6) is 0 Å². The van der Waals surface area contributed by atoms with Crippen LogP contribution in [-0.2, 0) is 10.0 Å². The molecular weight excluding hydrogens is 384 g/mol. The lowest BCUT2D eigenvalue weighted by molar-refractivity contribution is 0.0937. The van der Waals surface area contributed by atoms with E-state index >= 15 is 0 Å². The summed E-state index contributed by atoms with van der Waals surface area (Å²) >= 11 is 0. The van der Waals surface area contributed by atoms with E-state index < -0.39 is 10.0 Å². The zero-order valence-electron chi connectivity index (χ0n) is 16.4. The number of anilines is 1. The molecule has 2 N–H and O–H groups in total. The molecule has 0 saturated heterocycles. The summed E-state index contributed by atoms with van der Waals surface area (Å²) in [7, 11) is -3.35. The van der Waals surface area contributed by atoms with Crippen LogP contribution < -0.4 is 10.0 Å². The highest BCUT2D eigenvalue weighted by molar-refractivity contribution is 7.92. The molecule has 3 rings (SSSR count). The number of carbonyl (C=O) groups is 1. The van der Waals surface area contributed by atoms with Gasteiger partial charge in [-0.3, -0.25) is 9.52 Å². The van der Waals surface area contributed by atoms with Gasteiger partial charge in [0.1, 0.15) is 0 Å². The first-order chi connectivity index (χ1) is 13.8. The Bertz CT molecular complexity index is 1010. The molecule has 0 unspecified atom stereocenters. The van der Waals surface area contributed by atoms with Gasteiger partial charge in [-0.05, 0) is 42.3 Å². The lowest BCUT2D eigenvalue weighted by Crippen LogP contribution is -2.37. The van der Waals surface area contributed by atoms with Crippen LogP contribution in [-0.4, -0.2) is 26.6 Å². The van der Waals surface area contributed by atoms with Crippen LogP contribution in [0.3, 0.4) is 0 Å². The zero-order valence-corrected chi connectivity index (χ0v) is 17.2. The molecule has 1 atom stereocenters. The fourth-order valence-corrected chi connectivity index (χ4v) is 3.93. The Balaban J connectivity index is 1.79. The minimum absolute atomic E-state index is 0.00697. The highest BCUT2D eigenvalue weighted by Crippen LogP contribution is 2.28. The third-order valence-corrected chi connectivity index (χ3v) is 5.23. The summed E-state index contributed by atoms with van der Waals surface area (Å²) in [5.74, 6) is -0.201. The normalized spacial score (nSPS) is 12.4. The van der Waals surface area contributed by atoms with E-state index in [0.717, 1.165) is 17.4 Å². The molecule has 0 bridgehead atoms. The molecule has 1 amide bonds. The largest absolute Gasteiger partial charge is 0.349 e. The van der Waals surface area contributed by atoms with Crippen LogP contribution in [0.15, 0.2) is 84.9 Å². The summed E-state index contributed by atoms with van der Waals surface area (Å²) in [4.78, 5) is 12.8. The van der Waals surface area contributed by atoms with Gasteiger partial charge in [0.25, 0.3) is 5.91 Å². The molecule has 3 aromatic carbocycles. The van der Waals surface area contributed by atoms with Crippen LogP contribution in [0.2, 0.25) is 0 Å². The van der Waals surface area contributed by atoms with Crippen molar-refractivity contribution >= 4 is 21.6 Å². The number of rotatable bonds is 7. The quantitative estimate of drug-likeness (QED) is 0.620. The van der Waals surface area contributed by atoms with Gasteiger partial charge in [0, 0.05) is 23.2 Å². The van der Waals surface area contributed by atoms with Gasteiger partial charge in [0.15, 0.2) is 0 Å². The van der Waals surface area contributed by atoms with E-state index in [0.29, 0.717) is 11.3 Å². The van der Waals surface area contributed by atoms with Gasteiger partial charge in [-0.25, -0.2) is 8.42 Å². The van der Waals surface area contributed by atoms with E-state index in [1.54, 1.807) is 24.3 Å². The maximum atomic E-state index is 12.8. The van der Waals surface area contributed by atoms with Crippen molar-refractivity contribution in [2.75, 3.05) is 11.0 Å². The molecule has 29 heavy (non-hydrogen) atoms. The molecular formula is C23H24N2O3S. The summed E-state index contributed by atoms with van der Waals surface area (Å²) < 4.78 is 25.0. The standard InChI is InChI=1S/C23H24N2O3S/c1-17(22(18-9-5-3-6-10-18)19-11-7-4-8-12-19)24-23(26)20-13-15-21(16-14-20)25-29(2,27)28/h3-17,22,25H,1-2H3,(H,24,26)/t17-/m1/s1. The average molecular weight is 409 g/mol. The van der Waals surface area contributed by atoms with E-state index in [1.165, 1.54) is 0 Å². The molecule has 0 aliphatic rings. The number of nitrogens with one attached hydrogen (secondary N) is 2. The van der Waals surface area contributed by atoms with Gasteiger partial charge in [-0.2, -0.15) is 0 Å². The molecule has 0 aliphatic carbocycles. The van der Waals surface area contributed by atoms with Crippen LogP contribution in [0.1, 0.15) is 34.3 Å². The molecule has 0 saturated carbocycles. The first-order valence-electron chi connectivity index (χ1n) is 9.32. The zero-order chi connectivity index (χ0) is 20.9. The molecule has 0 heterocycles. The Hall–Kier alpha value is -3.12. The highest BCUT2D eigenvalue weighted by atomic mass is 32.2. The second-order valence-electron chi connectivity index (χ2n) is 7.01. The predicted molar refractivity (Wildman–Crippen MR) is 117 cm³/mol. The van der Waals surface area contributed by atoms with Crippen LogP contribution in [0, 0.1) is 0 Å². The van der Waals surface area contributed by atoms with Gasteiger partial charge < -0.3 is 5.32 Å². The smallest absolute Gasteiger partial charge is 0.251 e. The summed E-state index contributed by atoms with van der Waals surface area (Å²) in [6.07, 6.45) is 1.09. The molecule has 3 aromatic rings. The summed E-state index contributed by atoms with van der Waals surface area (Å²) in [5, 5.41) is 3.08. The van der Waals surface area contributed by atoms with E-state index in [9.17, 15) is 13.2 Å². The SMILES string of the molecule is C[C@@H](NC(=O)c1ccc(NS(C)(=O)=O)cc1)C(c1ccccc1)c1ccccc1. The number of hydrogen-bond donors (Lipinski definition) is 2. The molecule has 0 spiro atoms. The number of amides is 1. The van der Waals surface area contributed by atoms with Crippen molar-refractivity contribution in [2.24, 2.45) is 0 Å². The Kier molecular flexibility index (Phi) is 6.34. The summed E-state index contributed by atoms with van der Waals surface area (Å²) in [6.45, 7) is 1.99. The minimum atomic E-state index is -3.35. The van der Waals surface area contributed by atoms with Gasteiger partial charge in [-0.1, -0.05) is 60.7 Å². The van der Waals surface area contributed by atoms with Crippen molar-refractivity contribution in [3.63, 3.8) is 0 Å². The molecule has 0 aliphatic heterocycles. The Labute approximate surface area is 171 Å². The van der Waals surface area contributed by atoms with Crippen LogP contribution in [0.25, 0.3) is 0 Å². The lowest BCUT2D eigenvalue weighted by atomic mass is 9.85. The minimum Gasteiger partial charge on any atom is -0.349 e. The topological polar surface area (TPSA) is 75.3 Å². The molecule has 150 valence electrons. The van der Waals surface area contributed by atoms with Crippen LogP contribution >= 0.6 is 0 Å². The Morgan fingerprint density at radius 1 is 0.793 bits per heavy atom. The Morgan fingerprint density at radius 2 is 1.28 bits per heavy atom. The average Bonchev–Trinajstić information content (AvgIpc) is 2.69. The predicted octanol–water partition coefficient (Wildman–Crippen LogP) is 4.01. The fraction of sp³-hybridized carbons (Fsp3) is 0.174. The van der Waals surface area contributed by atoms with E-state index in [1.807, 2.05) is 43.3 Å². The van der Waals surface area contributed by atoms with Gasteiger partial charge in [-0.15, -0.1) is 0 Å². The first kappa shape index (κ1) is 20.6. The highest BCUT2D eigenvalue weighted by Gasteiger charge is 2.23. The number of benzene rings is 3. The Morgan fingerprint density at radius 3 is 1.72 bits per heavy atom. The third kappa shape index (κ3) is 5.68. The van der Waals surface area contributed by atoms with Crippen molar-refractivity contribution in [1.82, 2.24) is 5.32 Å². The third-order valence-electron chi connectivity index (χ3n) is 4.63. The van der Waals surface area contributed by atoms with E-state index in [2.05, 4.69) is 34.3 Å². The van der Waals surface area contributed by atoms with Crippen molar-refractivity contribution in [3.05, 3.63) is 102 Å². The molecule has 0 fully saturated rings. The monoisotopic (exact) mass is 408 g/mol. The van der Waals surface area contributed by atoms with Gasteiger partial charge in [0.05, 0.1) is 6.26 Å². The maximum Gasteiger partial charge on any atom is 0.251 e. The van der Waals surface area contributed by atoms with E-state index in [-0.39, 0.29) is 17.9 Å².